The number of amides is 1. The Morgan fingerprint density at radius 1 is 1.40 bits per heavy atom. The molecule has 0 aromatic heterocycles. The van der Waals surface area contributed by atoms with Gasteiger partial charge in [-0.05, 0) is 31.1 Å². The molecule has 0 aromatic carbocycles. The smallest absolute Gasteiger partial charge is 0.223 e. The first-order valence-electron chi connectivity index (χ1n) is 6.19. The van der Waals surface area contributed by atoms with Crippen molar-refractivity contribution in [2.45, 2.75) is 45.1 Å². The summed E-state index contributed by atoms with van der Waals surface area (Å²) >= 11 is 0. The first-order chi connectivity index (χ1) is 7.27. The van der Waals surface area contributed by atoms with E-state index in [4.69, 9.17) is 5.11 Å². The normalized spacial score (nSPS) is 35.5. The molecule has 3 nitrogen and oxygen atoms in total. The van der Waals surface area contributed by atoms with Crippen LogP contribution >= 0.6 is 0 Å². The van der Waals surface area contributed by atoms with E-state index in [0.29, 0.717) is 11.8 Å². The standard InChI is InChI=1S/C12H21NO2/c1-2-8(7-14)13-12(15)11-9-5-3-4-6-10(9)11/h8-11,14H,2-7H2,1H3,(H,13,15). The van der Waals surface area contributed by atoms with Gasteiger partial charge in [-0.3, -0.25) is 4.79 Å². The number of aliphatic hydroxyl groups is 1. The Morgan fingerprint density at radius 2 is 2.00 bits per heavy atom. The molecule has 2 rings (SSSR count). The maximum Gasteiger partial charge on any atom is 0.223 e. The third-order valence-corrected chi connectivity index (χ3v) is 4.02. The molecule has 86 valence electrons. The lowest BCUT2D eigenvalue weighted by atomic mass is 10.0. The number of hydrogen-bond acceptors (Lipinski definition) is 2. The number of rotatable bonds is 4. The van der Waals surface area contributed by atoms with Gasteiger partial charge < -0.3 is 10.4 Å². The average molecular weight is 211 g/mol. The second kappa shape index (κ2) is 4.52. The Hall–Kier alpha value is -0.570. The molecule has 0 saturated heterocycles. The lowest BCUT2D eigenvalue weighted by molar-refractivity contribution is -0.123. The van der Waals surface area contributed by atoms with E-state index >= 15 is 0 Å². The van der Waals surface area contributed by atoms with Crippen LogP contribution in [-0.4, -0.2) is 23.7 Å². The van der Waals surface area contributed by atoms with Crippen LogP contribution in [0.4, 0.5) is 0 Å². The summed E-state index contributed by atoms with van der Waals surface area (Å²) in [6.45, 7) is 2.05. The molecular weight excluding hydrogens is 190 g/mol. The number of fused-ring (bicyclic) bond motifs is 1. The molecular formula is C12H21NO2. The zero-order valence-electron chi connectivity index (χ0n) is 9.41. The molecule has 2 aliphatic carbocycles. The van der Waals surface area contributed by atoms with Crippen molar-refractivity contribution in [3.63, 3.8) is 0 Å². The largest absolute Gasteiger partial charge is 0.394 e. The molecule has 0 aromatic rings. The summed E-state index contributed by atoms with van der Waals surface area (Å²) in [4.78, 5) is 11.9. The average Bonchev–Trinajstić information content (AvgIpc) is 2.99. The third kappa shape index (κ3) is 2.17. The molecule has 0 radical (unpaired) electrons. The van der Waals surface area contributed by atoms with E-state index in [1.165, 1.54) is 25.7 Å². The van der Waals surface area contributed by atoms with Crippen molar-refractivity contribution < 1.29 is 9.90 Å². The van der Waals surface area contributed by atoms with Gasteiger partial charge in [0.2, 0.25) is 5.91 Å². The van der Waals surface area contributed by atoms with Crippen LogP contribution in [0, 0.1) is 17.8 Å². The highest BCUT2D eigenvalue weighted by atomic mass is 16.3. The van der Waals surface area contributed by atoms with Crippen molar-refractivity contribution in [1.29, 1.82) is 0 Å². The van der Waals surface area contributed by atoms with Gasteiger partial charge in [0.1, 0.15) is 0 Å². The minimum absolute atomic E-state index is 0.0415. The number of carbonyl (C=O) groups excluding carboxylic acids is 1. The van der Waals surface area contributed by atoms with E-state index in [2.05, 4.69) is 5.32 Å². The molecule has 0 spiro atoms. The zero-order chi connectivity index (χ0) is 10.8. The van der Waals surface area contributed by atoms with Crippen LogP contribution in [0.15, 0.2) is 0 Å². The Bertz CT molecular complexity index is 226. The molecule has 1 amide bonds. The van der Waals surface area contributed by atoms with Crippen LogP contribution in [-0.2, 0) is 4.79 Å². The van der Waals surface area contributed by atoms with Crippen molar-refractivity contribution >= 4 is 5.91 Å². The summed E-state index contributed by atoms with van der Waals surface area (Å²) in [7, 11) is 0. The van der Waals surface area contributed by atoms with Gasteiger partial charge in [0, 0.05) is 5.92 Å². The predicted molar refractivity (Wildman–Crippen MR) is 58.2 cm³/mol. The van der Waals surface area contributed by atoms with Gasteiger partial charge in [-0.1, -0.05) is 19.8 Å². The monoisotopic (exact) mass is 211 g/mol. The van der Waals surface area contributed by atoms with Gasteiger partial charge >= 0.3 is 0 Å². The van der Waals surface area contributed by atoms with E-state index in [0.717, 1.165) is 6.42 Å². The maximum atomic E-state index is 11.9. The van der Waals surface area contributed by atoms with Crippen molar-refractivity contribution in [2.24, 2.45) is 17.8 Å². The fourth-order valence-electron chi connectivity index (χ4n) is 2.96. The number of aliphatic hydroxyl groups excluding tert-OH is 1. The molecule has 0 aliphatic heterocycles. The molecule has 0 bridgehead atoms. The van der Waals surface area contributed by atoms with Crippen molar-refractivity contribution in [1.82, 2.24) is 5.32 Å². The molecule has 2 fully saturated rings. The van der Waals surface area contributed by atoms with Crippen LogP contribution in [0.1, 0.15) is 39.0 Å². The third-order valence-electron chi connectivity index (χ3n) is 4.02. The Kier molecular flexibility index (Phi) is 3.29. The van der Waals surface area contributed by atoms with Gasteiger partial charge in [0.25, 0.3) is 0 Å². The van der Waals surface area contributed by atoms with Gasteiger partial charge in [-0.15, -0.1) is 0 Å². The van der Waals surface area contributed by atoms with Gasteiger partial charge in [-0.25, -0.2) is 0 Å². The SMILES string of the molecule is CCC(CO)NC(=O)C1C2CCCCC21. The molecule has 3 heteroatoms. The first-order valence-corrected chi connectivity index (χ1v) is 6.19. The zero-order valence-corrected chi connectivity index (χ0v) is 9.41. The van der Waals surface area contributed by atoms with Crippen LogP contribution in [0.3, 0.4) is 0 Å². The maximum absolute atomic E-state index is 11.9. The second-order valence-electron chi connectivity index (χ2n) is 4.93. The lowest BCUT2D eigenvalue weighted by Gasteiger charge is -2.13. The molecule has 0 heterocycles. The molecule has 2 saturated carbocycles. The van der Waals surface area contributed by atoms with E-state index in [-0.39, 0.29) is 24.5 Å². The van der Waals surface area contributed by atoms with Crippen molar-refractivity contribution in [3.05, 3.63) is 0 Å². The fraction of sp³-hybridized carbons (Fsp3) is 0.917. The fourth-order valence-corrected chi connectivity index (χ4v) is 2.96. The molecule has 3 atom stereocenters. The van der Waals surface area contributed by atoms with Crippen molar-refractivity contribution in [2.75, 3.05) is 6.61 Å². The highest BCUT2D eigenvalue weighted by molar-refractivity contribution is 5.82. The molecule has 2 N–H and O–H groups in total. The number of carbonyl (C=O) groups is 1. The molecule has 3 unspecified atom stereocenters. The van der Waals surface area contributed by atoms with Gasteiger partial charge in [-0.2, -0.15) is 0 Å². The predicted octanol–water partition coefficient (Wildman–Crippen LogP) is 1.31. The summed E-state index contributed by atoms with van der Waals surface area (Å²) in [5.41, 5.74) is 0. The molecule has 2 aliphatic rings. The molecule has 15 heavy (non-hydrogen) atoms. The Balaban J connectivity index is 1.82. The number of hydrogen-bond donors (Lipinski definition) is 2. The summed E-state index contributed by atoms with van der Waals surface area (Å²) in [5, 5.41) is 12.0. The minimum atomic E-state index is -0.0415. The summed E-state index contributed by atoms with van der Waals surface area (Å²) in [6, 6.07) is -0.0415. The Morgan fingerprint density at radius 3 is 2.47 bits per heavy atom. The van der Waals surface area contributed by atoms with Crippen LogP contribution in [0.5, 0.6) is 0 Å². The highest BCUT2D eigenvalue weighted by Gasteiger charge is 2.54. The summed E-state index contributed by atoms with van der Waals surface area (Å²) in [6.07, 6.45) is 5.87. The summed E-state index contributed by atoms with van der Waals surface area (Å²) in [5.74, 6) is 1.78. The minimum Gasteiger partial charge on any atom is -0.394 e. The van der Waals surface area contributed by atoms with Crippen molar-refractivity contribution in [3.8, 4) is 0 Å². The van der Waals surface area contributed by atoms with Crippen LogP contribution in [0.25, 0.3) is 0 Å². The van der Waals surface area contributed by atoms with Gasteiger partial charge in [0.05, 0.1) is 12.6 Å². The van der Waals surface area contributed by atoms with Crippen LogP contribution in [0.2, 0.25) is 0 Å². The van der Waals surface area contributed by atoms with E-state index in [9.17, 15) is 4.79 Å². The second-order valence-corrected chi connectivity index (χ2v) is 4.93. The van der Waals surface area contributed by atoms with E-state index in [1.807, 2.05) is 6.92 Å². The topological polar surface area (TPSA) is 49.3 Å². The quantitative estimate of drug-likeness (QED) is 0.736. The van der Waals surface area contributed by atoms with Crippen LogP contribution < -0.4 is 5.32 Å². The van der Waals surface area contributed by atoms with Gasteiger partial charge in [0.15, 0.2) is 0 Å². The first kappa shape index (κ1) is 10.9. The highest BCUT2D eigenvalue weighted by Crippen LogP contribution is 2.55. The summed E-state index contributed by atoms with van der Waals surface area (Å²) < 4.78 is 0. The number of nitrogens with one attached hydrogen (secondary N) is 1. The van der Waals surface area contributed by atoms with E-state index < -0.39 is 0 Å². The van der Waals surface area contributed by atoms with E-state index in [1.54, 1.807) is 0 Å². The lowest BCUT2D eigenvalue weighted by Crippen LogP contribution is -2.38. The Labute approximate surface area is 91.2 Å².